The monoisotopic (exact) mass is 280 g/mol. The van der Waals surface area contributed by atoms with Crippen molar-refractivity contribution in [2.75, 3.05) is 5.73 Å². The van der Waals surface area contributed by atoms with Crippen LogP contribution in [0.2, 0.25) is 0 Å². The molecule has 2 N–H and O–H groups in total. The molecule has 0 atom stereocenters. The Morgan fingerprint density at radius 1 is 1.10 bits per heavy atom. The molecule has 0 fully saturated rings. The summed E-state index contributed by atoms with van der Waals surface area (Å²) in [5, 5.41) is 7.63. The number of rotatable bonds is 1. The number of nitrogen functional groups attached to an aromatic ring is 1. The van der Waals surface area contributed by atoms with Crippen molar-refractivity contribution in [2.24, 2.45) is 0 Å². The fourth-order valence-corrected chi connectivity index (χ4v) is 1.73. The van der Waals surface area contributed by atoms with Crippen LogP contribution in [0.1, 0.15) is 5.82 Å². The first-order valence-electron chi connectivity index (χ1n) is 5.48. The van der Waals surface area contributed by atoms with Crippen molar-refractivity contribution in [3.63, 3.8) is 0 Å². The molecule has 0 bridgehead atoms. The van der Waals surface area contributed by atoms with E-state index in [4.69, 9.17) is 5.73 Å². The Labute approximate surface area is 110 Å². The van der Waals surface area contributed by atoms with Crippen LogP contribution in [0.25, 0.3) is 16.9 Å². The average molecular weight is 280 g/mol. The summed E-state index contributed by atoms with van der Waals surface area (Å²) in [5.74, 6) is -1.69. The number of fused-ring (bicyclic) bond motifs is 1. The highest BCUT2D eigenvalue weighted by Gasteiger charge is 2.35. The lowest BCUT2D eigenvalue weighted by Gasteiger charge is -2.08. The maximum atomic E-state index is 12.7. The first-order chi connectivity index (χ1) is 9.45. The molecule has 0 aliphatic rings. The zero-order valence-electron chi connectivity index (χ0n) is 9.83. The molecule has 2 aromatic heterocycles. The van der Waals surface area contributed by atoms with Crippen molar-refractivity contribution in [3.05, 3.63) is 36.2 Å². The summed E-state index contributed by atoms with van der Waals surface area (Å²) >= 11 is 0. The minimum atomic E-state index is -4.68. The Kier molecular flexibility index (Phi) is 2.56. The highest BCUT2D eigenvalue weighted by molar-refractivity contribution is 5.75. The zero-order valence-corrected chi connectivity index (χ0v) is 9.83. The topological polar surface area (TPSA) is 82.5 Å². The minimum absolute atomic E-state index is 0.0847. The molecule has 0 amide bonds. The third-order valence-corrected chi connectivity index (χ3v) is 2.55. The molecule has 0 aliphatic carbocycles. The normalized spacial score (nSPS) is 11.9. The van der Waals surface area contributed by atoms with Gasteiger partial charge in [-0.05, 0) is 12.1 Å². The summed E-state index contributed by atoms with van der Waals surface area (Å²) in [5.41, 5.74) is 6.46. The molecular formula is C11H7F3N6. The zero-order chi connectivity index (χ0) is 14.3. The van der Waals surface area contributed by atoms with Gasteiger partial charge in [-0.15, -0.1) is 5.10 Å². The summed E-state index contributed by atoms with van der Waals surface area (Å²) < 4.78 is 39.2. The number of para-hydroxylation sites is 1. The smallest absolute Gasteiger partial charge is 0.384 e. The number of nitrogens with zero attached hydrogens (tertiary/aromatic N) is 5. The van der Waals surface area contributed by atoms with Crippen LogP contribution in [0.4, 0.5) is 19.0 Å². The van der Waals surface area contributed by atoms with Gasteiger partial charge < -0.3 is 5.73 Å². The van der Waals surface area contributed by atoms with Crippen molar-refractivity contribution < 1.29 is 13.2 Å². The van der Waals surface area contributed by atoms with Gasteiger partial charge in [-0.1, -0.05) is 17.3 Å². The molecule has 0 saturated heterocycles. The first-order valence-corrected chi connectivity index (χ1v) is 5.48. The van der Waals surface area contributed by atoms with E-state index < -0.39 is 12.0 Å². The highest BCUT2D eigenvalue weighted by Crippen LogP contribution is 2.27. The number of benzene rings is 1. The fourth-order valence-electron chi connectivity index (χ4n) is 1.73. The van der Waals surface area contributed by atoms with Crippen molar-refractivity contribution in [3.8, 4) is 5.82 Å². The number of hydrogen-bond acceptors (Lipinski definition) is 5. The van der Waals surface area contributed by atoms with Crippen LogP contribution >= 0.6 is 0 Å². The molecular weight excluding hydrogens is 273 g/mol. The van der Waals surface area contributed by atoms with Crippen molar-refractivity contribution >= 4 is 16.9 Å². The number of hydrogen-bond donors (Lipinski definition) is 1. The predicted octanol–water partition coefficient (Wildman–Crippen LogP) is 1.81. The van der Waals surface area contributed by atoms with Gasteiger partial charge in [-0.3, -0.25) is 0 Å². The van der Waals surface area contributed by atoms with Gasteiger partial charge in [0.2, 0.25) is 5.82 Å². The van der Waals surface area contributed by atoms with Gasteiger partial charge in [0, 0.05) is 6.07 Å². The molecule has 102 valence electrons. The molecule has 20 heavy (non-hydrogen) atoms. The molecule has 3 rings (SSSR count). The summed E-state index contributed by atoms with van der Waals surface area (Å²) in [7, 11) is 0. The molecule has 0 spiro atoms. The Hall–Kier alpha value is -2.71. The lowest BCUT2D eigenvalue weighted by atomic mass is 10.3. The van der Waals surface area contributed by atoms with E-state index in [1.165, 1.54) is 10.7 Å². The maximum Gasteiger partial charge on any atom is 0.451 e. The Balaban J connectivity index is 2.22. The second kappa shape index (κ2) is 4.15. The lowest BCUT2D eigenvalue weighted by Crippen LogP contribution is -2.15. The van der Waals surface area contributed by atoms with Crippen LogP contribution in [-0.4, -0.2) is 25.0 Å². The van der Waals surface area contributed by atoms with Gasteiger partial charge in [0.25, 0.3) is 0 Å². The first kappa shape index (κ1) is 12.3. The van der Waals surface area contributed by atoms with Crippen LogP contribution in [0.15, 0.2) is 30.3 Å². The van der Waals surface area contributed by atoms with E-state index in [9.17, 15) is 13.2 Å². The molecule has 1 aromatic carbocycles. The Bertz CT molecular complexity index is 779. The lowest BCUT2D eigenvalue weighted by molar-refractivity contribution is -0.144. The molecule has 2 heterocycles. The van der Waals surface area contributed by atoms with E-state index in [-0.39, 0.29) is 11.6 Å². The third-order valence-electron chi connectivity index (χ3n) is 2.55. The van der Waals surface area contributed by atoms with Crippen LogP contribution in [0.5, 0.6) is 0 Å². The van der Waals surface area contributed by atoms with E-state index in [0.717, 1.165) is 0 Å². The van der Waals surface area contributed by atoms with Gasteiger partial charge in [-0.2, -0.15) is 17.9 Å². The van der Waals surface area contributed by atoms with E-state index in [2.05, 4.69) is 20.3 Å². The summed E-state index contributed by atoms with van der Waals surface area (Å²) in [4.78, 5) is 6.62. The van der Waals surface area contributed by atoms with Gasteiger partial charge in [0.15, 0.2) is 5.82 Å². The molecule has 0 aliphatic heterocycles. The molecule has 9 heteroatoms. The van der Waals surface area contributed by atoms with Gasteiger partial charge >= 0.3 is 6.18 Å². The van der Waals surface area contributed by atoms with Gasteiger partial charge in [0.05, 0.1) is 5.52 Å². The van der Waals surface area contributed by atoms with E-state index in [1.807, 2.05) is 0 Å². The number of halogens is 3. The van der Waals surface area contributed by atoms with Gasteiger partial charge in [0.1, 0.15) is 11.3 Å². The quantitative estimate of drug-likeness (QED) is 0.735. The Morgan fingerprint density at radius 3 is 2.60 bits per heavy atom. The van der Waals surface area contributed by atoms with Crippen molar-refractivity contribution in [1.29, 1.82) is 0 Å². The molecule has 6 nitrogen and oxygen atoms in total. The summed E-state index contributed by atoms with van der Waals surface area (Å²) in [6.45, 7) is 0. The largest absolute Gasteiger partial charge is 0.451 e. The average Bonchev–Trinajstić information content (AvgIpc) is 2.80. The maximum absolute atomic E-state index is 12.7. The number of aromatic nitrogens is 5. The van der Waals surface area contributed by atoms with E-state index >= 15 is 0 Å². The van der Waals surface area contributed by atoms with E-state index in [0.29, 0.717) is 11.0 Å². The van der Waals surface area contributed by atoms with Crippen molar-refractivity contribution in [2.45, 2.75) is 6.18 Å². The molecule has 0 unspecified atom stereocenters. The molecule has 3 aromatic rings. The SMILES string of the molecule is Nc1cc(-n2nnc3ccccc32)nc(C(F)(F)F)n1. The van der Waals surface area contributed by atoms with Crippen molar-refractivity contribution in [1.82, 2.24) is 25.0 Å². The second-order valence-corrected chi connectivity index (χ2v) is 3.96. The van der Waals surface area contributed by atoms with Crippen LogP contribution in [-0.2, 0) is 6.18 Å². The summed E-state index contributed by atoms with van der Waals surface area (Å²) in [6, 6.07) is 8.03. The number of alkyl halides is 3. The van der Waals surface area contributed by atoms with Crippen LogP contribution in [0, 0.1) is 0 Å². The van der Waals surface area contributed by atoms with Crippen LogP contribution < -0.4 is 5.73 Å². The number of anilines is 1. The third kappa shape index (κ3) is 2.02. The highest BCUT2D eigenvalue weighted by atomic mass is 19.4. The predicted molar refractivity (Wildman–Crippen MR) is 63.9 cm³/mol. The summed E-state index contributed by atoms with van der Waals surface area (Å²) in [6.07, 6.45) is -4.68. The van der Waals surface area contributed by atoms with Crippen LogP contribution in [0.3, 0.4) is 0 Å². The molecule has 0 radical (unpaired) electrons. The van der Waals surface area contributed by atoms with E-state index in [1.54, 1.807) is 24.3 Å². The molecule has 0 saturated carbocycles. The number of nitrogens with two attached hydrogens (primary N) is 1. The fraction of sp³-hybridized carbons (Fsp3) is 0.0909. The second-order valence-electron chi connectivity index (χ2n) is 3.96. The van der Waals surface area contributed by atoms with Gasteiger partial charge in [-0.25, -0.2) is 9.97 Å². The standard InChI is InChI=1S/C11H7F3N6/c12-11(13,14)10-16-8(15)5-9(17-10)20-7-4-2-1-3-6(7)18-19-20/h1-5H,(H2,15,16,17). The minimum Gasteiger partial charge on any atom is -0.384 e. The Morgan fingerprint density at radius 2 is 1.85 bits per heavy atom.